The average molecular weight is 381 g/mol. The number of benzene rings is 1. The van der Waals surface area contributed by atoms with Crippen LogP contribution in [0, 0.1) is 22.2 Å². The number of aryl methyl sites for hydroxylation is 1. The lowest BCUT2D eigenvalue weighted by molar-refractivity contribution is 0.333. The van der Waals surface area contributed by atoms with Crippen molar-refractivity contribution >= 4 is 12.2 Å². The van der Waals surface area contributed by atoms with E-state index < -0.39 is 23.4 Å². The summed E-state index contributed by atoms with van der Waals surface area (Å²) in [6, 6.07) is 1.83. The van der Waals surface area contributed by atoms with E-state index in [9.17, 15) is 13.2 Å². The fraction of sp³-hybridized carbons (Fsp3) is 0.526. The van der Waals surface area contributed by atoms with Gasteiger partial charge in [-0.3, -0.25) is 0 Å². The zero-order chi connectivity index (χ0) is 18.3. The molecule has 0 spiro atoms. The van der Waals surface area contributed by atoms with Crippen molar-refractivity contribution in [2.45, 2.75) is 44.6 Å². The Hall–Kier alpha value is -1.60. The molecule has 3 heterocycles. The Labute approximate surface area is 155 Å². The number of halogens is 3. The zero-order valence-electron chi connectivity index (χ0n) is 14.5. The average Bonchev–Trinajstić information content (AvgIpc) is 3.32. The maximum absolute atomic E-state index is 14.2. The van der Waals surface area contributed by atoms with Crippen LogP contribution < -0.4 is 0 Å². The Morgan fingerprint density at radius 1 is 1.12 bits per heavy atom. The van der Waals surface area contributed by atoms with E-state index in [-0.39, 0.29) is 5.56 Å². The Morgan fingerprint density at radius 3 is 2.62 bits per heavy atom. The van der Waals surface area contributed by atoms with Crippen LogP contribution in [0.2, 0.25) is 0 Å². The maximum Gasteiger partial charge on any atom is 0.177 e. The van der Waals surface area contributed by atoms with Gasteiger partial charge in [-0.1, -0.05) is 0 Å². The van der Waals surface area contributed by atoms with E-state index in [2.05, 4.69) is 9.88 Å². The van der Waals surface area contributed by atoms with Crippen LogP contribution in [0.4, 0.5) is 13.2 Å². The summed E-state index contributed by atoms with van der Waals surface area (Å²) in [6.07, 6.45) is 4.91. The number of fused-ring (bicyclic) bond motifs is 1. The molecule has 1 fully saturated rings. The Kier molecular flexibility index (Phi) is 4.92. The Bertz CT molecular complexity index is 868. The molecule has 0 amide bonds. The van der Waals surface area contributed by atoms with Crippen LogP contribution in [-0.2, 0) is 19.4 Å². The lowest BCUT2D eigenvalue weighted by Gasteiger charge is -2.14. The van der Waals surface area contributed by atoms with Crippen LogP contribution in [0.25, 0.3) is 0 Å². The summed E-state index contributed by atoms with van der Waals surface area (Å²) in [6.45, 7) is 3.78. The van der Waals surface area contributed by atoms with Crippen molar-refractivity contribution in [3.05, 3.63) is 51.3 Å². The lowest BCUT2D eigenvalue weighted by Crippen LogP contribution is -2.20. The molecule has 2 aliphatic rings. The van der Waals surface area contributed by atoms with E-state index in [4.69, 9.17) is 12.2 Å². The van der Waals surface area contributed by atoms with Gasteiger partial charge in [0, 0.05) is 29.4 Å². The van der Waals surface area contributed by atoms with E-state index in [0.29, 0.717) is 17.7 Å². The largest absolute Gasteiger partial charge is 0.334 e. The summed E-state index contributed by atoms with van der Waals surface area (Å²) in [5, 5.41) is 0. The zero-order valence-corrected chi connectivity index (χ0v) is 15.3. The monoisotopic (exact) mass is 381 g/mol. The minimum Gasteiger partial charge on any atom is -0.334 e. The van der Waals surface area contributed by atoms with Gasteiger partial charge in [-0.15, -0.1) is 0 Å². The van der Waals surface area contributed by atoms with Crippen LogP contribution >= 0.6 is 12.2 Å². The van der Waals surface area contributed by atoms with Crippen LogP contribution in [0.3, 0.4) is 0 Å². The van der Waals surface area contributed by atoms with Gasteiger partial charge in [0.2, 0.25) is 0 Å². The number of likely N-dealkylation sites (tertiary alicyclic amines) is 1. The number of H-pyrrole nitrogens is 1. The molecule has 1 N–H and O–H groups in total. The molecule has 2 aromatic rings. The highest BCUT2D eigenvalue weighted by Crippen LogP contribution is 2.35. The molecule has 1 unspecified atom stereocenters. The fourth-order valence-electron chi connectivity index (χ4n) is 4.30. The van der Waals surface area contributed by atoms with Gasteiger partial charge in [0.1, 0.15) is 5.82 Å². The molecule has 3 nitrogen and oxygen atoms in total. The molecule has 1 atom stereocenters. The molecule has 2 aliphatic heterocycles. The molecule has 1 saturated heterocycles. The first-order chi connectivity index (χ1) is 12.5. The minimum absolute atomic E-state index is 0.161. The highest BCUT2D eigenvalue weighted by atomic mass is 32.1. The smallest absolute Gasteiger partial charge is 0.177 e. The molecule has 1 aromatic heterocycles. The molecule has 7 heteroatoms. The summed E-state index contributed by atoms with van der Waals surface area (Å²) in [5.74, 6) is -3.19. The SMILES string of the molecule is Fc1ccc(F)c(C2Cc3c(CCCN4CCCC4)[nH]c(=S)n3C2)c1F. The number of hydrogen-bond acceptors (Lipinski definition) is 2. The molecule has 140 valence electrons. The fourth-order valence-corrected chi connectivity index (χ4v) is 4.61. The van der Waals surface area contributed by atoms with Crippen molar-refractivity contribution in [3.8, 4) is 0 Å². The van der Waals surface area contributed by atoms with Crippen molar-refractivity contribution in [2.24, 2.45) is 0 Å². The standard InChI is InChI=1S/C19H22F3N3S/c20-13-5-6-14(21)18(22)17(13)12-10-16-15(23-19(26)25(16)11-12)4-3-9-24-7-1-2-8-24/h5-6,12H,1-4,7-11H2,(H,23,26). The van der Waals surface area contributed by atoms with Crippen LogP contribution in [0.1, 0.15) is 42.1 Å². The summed E-state index contributed by atoms with van der Waals surface area (Å²) < 4.78 is 44.3. The lowest BCUT2D eigenvalue weighted by atomic mass is 9.95. The number of aromatic amines is 1. The van der Waals surface area contributed by atoms with Gasteiger partial charge in [-0.05, 0) is 76.1 Å². The van der Waals surface area contributed by atoms with Gasteiger partial charge in [0.15, 0.2) is 16.4 Å². The Morgan fingerprint density at radius 2 is 1.85 bits per heavy atom. The summed E-state index contributed by atoms with van der Waals surface area (Å²) in [7, 11) is 0. The highest BCUT2D eigenvalue weighted by Gasteiger charge is 2.31. The van der Waals surface area contributed by atoms with Crippen LogP contribution in [-0.4, -0.2) is 34.1 Å². The third-order valence-electron chi connectivity index (χ3n) is 5.61. The molecule has 0 saturated carbocycles. The highest BCUT2D eigenvalue weighted by molar-refractivity contribution is 7.71. The first kappa shape index (κ1) is 17.8. The number of rotatable bonds is 5. The third-order valence-corrected chi connectivity index (χ3v) is 5.93. The summed E-state index contributed by atoms with van der Waals surface area (Å²) in [4.78, 5) is 5.71. The van der Waals surface area contributed by atoms with Gasteiger partial charge in [-0.2, -0.15) is 0 Å². The van der Waals surface area contributed by atoms with E-state index in [1.165, 1.54) is 25.9 Å². The number of imidazole rings is 1. The maximum atomic E-state index is 14.2. The summed E-state index contributed by atoms with van der Waals surface area (Å²) >= 11 is 5.39. The molecule has 4 rings (SSSR count). The van der Waals surface area contributed by atoms with Gasteiger partial charge < -0.3 is 14.5 Å². The summed E-state index contributed by atoms with van der Waals surface area (Å²) in [5.41, 5.74) is 1.89. The third kappa shape index (κ3) is 3.22. The van der Waals surface area contributed by atoms with Gasteiger partial charge in [0.25, 0.3) is 0 Å². The van der Waals surface area contributed by atoms with Crippen molar-refractivity contribution in [1.29, 1.82) is 0 Å². The molecule has 26 heavy (non-hydrogen) atoms. The second-order valence-electron chi connectivity index (χ2n) is 7.28. The normalized spacial score (nSPS) is 20.0. The predicted octanol–water partition coefficient (Wildman–Crippen LogP) is 4.33. The van der Waals surface area contributed by atoms with Crippen LogP contribution in [0.5, 0.6) is 0 Å². The molecular weight excluding hydrogens is 359 g/mol. The molecular formula is C19H22F3N3S. The molecule has 0 aliphatic carbocycles. The van der Waals surface area contributed by atoms with Gasteiger partial charge in [0.05, 0.1) is 0 Å². The quantitative estimate of drug-likeness (QED) is 0.616. The van der Waals surface area contributed by atoms with Crippen molar-refractivity contribution in [2.75, 3.05) is 19.6 Å². The molecule has 1 aromatic carbocycles. The van der Waals surface area contributed by atoms with Gasteiger partial charge >= 0.3 is 0 Å². The number of hydrogen-bond donors (Lipinski definition) is 1. The van der Waals surface area contributed by atoms with Crippen molar-refractivity contribution in [1.82, 2.24) is 14.5 Å². The molecule has 0 radical (unpaired) electrons. The minimum atomic E-state index is -1.08. The van der Waals surface area contributed by atoms with Gasteiger partial charge in [-0.25, -0.2) is 13.2 Å². The van der Waals surface area contributed by atoms with E-state index in [1.54, 1.807) is 0 Å². The predicted molar refractivity (Wildman–Crippen MR) is 96.4 cm³/mol. The number of nitrogens with zero attached hydrogens (tertiary/aromatic N) is 2. The van der Waals surface area contributed by atoms with Crippen LogP contribution in [0.15, 0.2) is 12.1 Å². The van der Waals surface area contributed by atoms with E-state index in [1.807, 2.05) is 4.57 Å². The van der Waals surface area contributed by atoms with E-state index >= 15 is 0 Å². The van der Waals surface area contributed by atoms with Crippen molar-refractivity contribution < 1.29 is 13.2 Å². The molecule has 0 bridgehead atoms. The topological polar surface area (TPSA) is 24.0 Å². The number of nitrogens with one attached hydrogen (secondary N) is 1. The number of aromatic nitrogens is 2. The second kappa shape index (κ2) is 7.19. The van der Waals surface area contributed by atoms with E-state index in [0.717, 1.165) is 42.9 Å². The van der Waals surface area contributed by atoms with Crippen molar-refractivity contribution in [3.63, 3.8) is 0 Å². The first-order valence-corrected chi connectivity index (χ1v) is 9.61. The second-order valence-corrected chi connectivity index (χ2v) is 7.66. The Balaban J connectivity index is 1.50. The first-order valence-electron chi connectivity index (χ1n) is 9.21.